The molecule has 3 rings (SSSR count). The van der Waals surface area contributed by atoms with Crippen molar-refractivity contribution in [1.82, 2.24) is 9.55 Å². The molecule has 0 aliphatic rings. The Kier molecular flexibility index (Phi) is 5.14. The number of sulfonamides is 1. The highest BCUT2D eigenvalue weighted by atomic mass is 32.2. The third kappa shape index (κ3) is 3.71. The Labute approximate surface area is 161 Å². The molecule has 0 unspecified atom stereocenters. The predicted molar refractivity (Wildman–Crippen MR) is 102 cm³/mol. The molecule has 1 aromatic heterocycles. The quantitative estimate of drug-likeness (QED) is 0.651. The minimum Gasteiger partial charge on any atom is -0.331 e. The smallest absolute Gasteiger partial charge is 0.331 e. The molecular formula is C19H20F3N3O2S. The second-order valence-corrected chi connectivity index (χ2v) is 8.31. The van der Waals surface area contributed by atoms with Crippen molar-refractivity contribution in [2.75, 3.05) is 4.72 Å². The van der Waals surface area contributed by atoms with Gasteiger partial charge in [0.2, 0.25) is 0 Å². The van der Waals surface area contributed by atoms with Crippen molar-refractivity contribution in [1.29, 1.82) is 0 Å². The SMILES string of the molecule is CCCn1cnc2c(NS(=O)(=O)c3cccc(C(F)(F)F)c3)c(C)c(C)cc21. The number of fused-ring (bicyclic) bond motifs is 1. The summed E-state index contributed by atoms with van der Waals surface area (Å²) in [7, 11) is -4.23. The molecule has 0 amide bonds. The summed E-state index contributed by atoms with van der Waals surface area (Å²) in [5.74, 6) is 0. The van der Waals surface area contributed by atoms with E-state index in [2.05, 4.69) is 9.71 Å². The van der Waals surface area contributed by atoms with Gasteiger partial charge in [-0.3, -0.25) is 4.72 Å². The Bertz CT molecular complexity index is 1140. The van der Waals surface area contributed by atoms with Gasteiger partial charge < -0.3 is 4.57 Å². The average molecular weight is 411 g/mol. The summed E-state index contributed by atoms with van der Waals surface area (Å²) in [6, 6.07) is 5.60. The summed E-state index contributed by atoms with van der Waals surface area (Å²) in [5, 5.41) is 0. The minimum absolute atomic E-state index is 0.280. The maximum atomic E-state index is 13.0. The number of anilines is 1. The molecule has 0 spiro atoms. The van der Waals surface area contributed by atoms with Crippen molar-refractivity contribution in [2.45, 2.75) is 44.8 Å². The van der Waals surface area contributed by atoms with Crippen LogP contribution in [0.2, 0.25) is 0 Å². The van der Waals surface area contributed by atoms with Crippen LogP contribution in [-0.4, -0.2) is 18.0 Å². The van der Waals surface area contributed by atoms with E-state index in [-0.39, 0.29) is 5.69 Å². The van der Waals surface area contributed by atoms with Gasteiger partial charge in [-0.2, -0.15) is 13.2 Å². The molecule has 5 nitrogen and oxygen atoms in total. The number of nitrogens with zero attached hydrogens (tertiary/aromatic N) is 2. The van der Waals surface area contributed by atoms with Crippen molar-refractivity contribution in [2.24, 2.45) is 0 Å². The third-order valence-electron chi connectivity index (χ3n) is 4.61. The van der Waals surface area contributed by atoms with Crippen LogP contribution in [0.5, 0.6) is 0 Å². The standard InChI is InChI=1S/C19H20F3N3O2S/c1-4-8-25-11-23-18-16(25)9-12(2)13(3)17(18)24-28(26,27)15-7-5-6-14(10-15)19(20,21)22/h5-7,9-11,24H,4,8H2,1-3H3. The molecule has 3 aromatic rings. The molecule has 1 N–H and O–H groups in total. The first-order valence-electron chi connectivity index (χ1n) is 8.69. The van der Waals surface area contributed by atoms with Crippen molar-refractivity contribution < 1.29 is 21.6 Å². The number of alkyl halides is 3. The first-order chi connectivity index (χ1) is 13.0. The lowest BCUT2D eigenvalue weighted by atomic mass is 10.1. The van der Waals surface area contributed by atoms with Crippen molar-refractivity contribution in [3.8, 4) is 0 Å². The Balaban J connectivity index is 2.10. The maximum absolute atomic E-state index is 13.0. The number of hydrogen-bond donors (Lipinski definition) is 1. The van der Waals surface area contributed by atoms with Gasteiger partial charge in [-0.05, 0) is 55.7 Å². The molecule has 0 bridgehead atoms. The number of benzene rings is 2. The Morgan fingerprint density at radius 1 is 1.18 bits per heavy atom. The predicted octanol–water partition coefficient (Wildman–Crippen LogP) is 4.88. The molecule has 0 fully saturated rings. The first-order valence-corrected chi connectivity index (χ1v) is 10.2. The van der Waals surface area contributed by atoms with Gasteiger partial charge >= 0.3 is 6.18 Å². The molecule has 2 aromatic carbocycles. The molecule has 0 saturated heterocycles. The molecule has 28 heavy (non-hydrogen) atoms. The zero-order chi connectivity index (χ0) is 20.7. The summed E-state index contributed by atoms with van der Waals surface area (Å²) in [6.45, 7) is 6.33. The van der Waals surface area contributed by atoms with Crippen LogP contribution in [0.1, 0.15) is 30.0 Å². The number of nitrogens with one attached hydrogen (secondary N) is 1. The van der Waals surface area contributed by atoms with Crippen LogP contribution in [0.3, 0.4) is 0 Å². The third-order valence-corrected chi connectivity index (χ3v) is 5.95. The fourth-order valence-corrected chi connectivity index (χ4v) is 4.18. The van der Waals surface area contributed by atoms with E-state index in [4.69, 9.17) is 0 Å². The van der Waals surface area contributed by atoms with Crippen LogP contribution in [0, 0.1) is 13.8 Å². The molecule has 150 valence electrons. The fraction of sp³-hybridized carbons (Fsp3) is 0.316. The molecule has 1 heterocycles. The highest BCUT2D eigenvalue weighted by Crippen LogP contribution is 2.33. The summed E-state index contributed by atoms with van der Waals surface area (Å²) >= 11 is 0. The van der Waals surface area contributed by atoms with Crippen molar-refractivity contribution in [3.63, 3.8) is 0 Å². The zero-order valence-corrected chi connectivity index (χ0v) is 16.4. The van der Waals surface area contributed by atoms with Crippen LogP contribution < -0.4 is 4.72 Å². The maximum Gasteiger partial charge on any atom is 0.416 e. The van der Waals surface area contributed by atoms with E-state index in [0.717, 1.165) is 42.2 Å². The fourth-order valence-electron chi connectivity index (χ4n) is 3.00. The second kappa shape index (κ2) is 7.12. The van der Waals surface area contributed by atoms with Crippen LogP contribution >= 0.6 is 0 Å². The number of imidazole rings is 1. The topological polar surface area (TPSA) is 64.0 Å². The molecular weight excluding hydrogens is 391 g/mol. The van der Waals surface area contributed by atoms with Crippen LogP contribution in [0.4, 0.5) is 18.9 Å². The summed E-state index contributed by atoms with van der Waals surface area (Å²) in [5.41, 5.74) is 2.02. The number of aromatic nitrogens is 2. The van der Waals surface area contributed by atoms with Gasteiger partial charge in [-0.1, -0.05) is 13.0 Å². The molecule has 0 aliphatic heterocycles. The Morgan fingerprint density at radius 3 is 2.54 bits per heavy atom. The van der Waals surface area contributed by atoms with Crippen LogP contribution in [0.15, 0.2) is 41.6 Å². The van der Waals surface area contributed by atoms with E-state index < -0.39 is 26.7 Å². The first kappa shape index (κ1) is 20.2. The van der Waals surface area contributed by atoms with Crippen LogP contribution in [-0.2, 0) is 22.7 Å². The molecule has 9 heteroatoms. The van der Waals surface area contributed by atoms with Crippen LogP contribution in [0.25, 0.3) is 11.0 Å². The van der Waals surface area contributed by atoms with Crippen molar-refractivity contribution >= 4 is 26.7 Å². The van der Waals surface area contributed by atoms with Gasteiger partial charge in [0.05, 0.1) is 28.0 Å². The summed E-state index contributed by atoms with van der Waals surface area (Å²) in [6.07, 6.45) is -2.12. The number of hydrogen-bond acceptors (Lipinski definition) is 3. The monoisotopic (exact) mass is 411 g/mol. The second-order valence-electron chi connectivity index (χ2n) is 6.63. The lowest BCUT2D eigenvalue weighted by Gasteiger charge is -2.15. The lowest BCUT2D eigenvalue weighted by molar-refractivity contribution is -0.137. The van der Waals surface area contributed by atoms with Gasteiger partial charge in [0.15, 0.2) is 0 Å². The zero-order valence-electron chi connectivity index (χ0n) is 15.6. The summed E-state index contributed by atoms with van der Waals surface area (Å²) in [4.78, 5) is 3.88. The van der Waals surface area contributed by atoms with E-state index in [9.17, 15) is 21.6 Å². The summed E-state index contributed by atoms with van der Waals surface area (Å²) < 4.78 is 68.9. The van der Waals surface area contributed by atoms with E-state index in [1.54, 1.807) is 13.3 Å². The van der Waals surface area contributed by atoms with Gasteiger partial charge in [-0.15, -0.1) is 0 Å². The number of halogens is 3. The van der Waals surface area contributed by atoms with Gasteiger partial charge in [0.25, 0.3) is 10.0 Å². The molecule has 0 aliphatic carbocycles. The van der Waals surface area contributed by atoms with E-state index in [0.29, 0.717) is 17.1 Å². The average Bonchev–Trinajstić information content (AvgIpc) is 3.01. The Morgan fingerprint density at radius 2 is 1.89 bits per heavy atom. The molecule has 0 radical (unpaired) electrons. The molecule has 0 saturated carbocycles. The van der Waals surface area contributed by atoms with E-state index >= 15 is 0 Å². The normalized spacial score (nSPS) is 12.5. The van der Waals surface area contributed by atoms with Crippen molar-refractivity contribution in [3.05, 3.63) is 53.3 Å². The number of aryl methyl sites for hydroxylation is 2. The molecule has 0 atom stereocenters. The highest BCUT2D eigenvalue weighted by molar-refractivity contribution is 7.92. The van der Waals surface area contributed by atoms with E-state index in [1.807, 2.05) is 24.5 Å². The highest BCUT2D eigenvalue weighted by Gasteiger charge is 2.32. The minimum atomic E-state index is -4.63. The number of rotatable bonds is 5. The van der Waals surface area contributed by atoms with Gasteiger partial charge in [-0.25, -0.2) is 13.4 Å². The van der Waals surface area contributed by atoms with Gasteiger partial charge in [0, 0.05) is 6.54 Å². The van der Waals surface area contributed by atoms with Gasteiger partial charge in [0.1, 0.15) is 5.52 Å². The lowest BCUT2D eigenvalue weighted by Crippen LogP contribution is -2.16. The largest absolute Gasteiger partial charge is 0.416 e. The van der Waals surface area contributed by atoms with E-state index in [1.165, 1.54) is 0 Å². The Hall–Kier alpha value is -2.55.